The molecule has 9 heteroatoms. The molecule has 0 amide bonds. The third kappa shape index (κ3) is 3.81. The maximum absolute atomic E-state index is 13.3. The number of nitrogens with zero attached hydrogens (tertiary/aromatic N) is 1. The van der Waals surface area contributed by atoms with Crippen molar-refractivity contribution in [1.82, 2.24) is 0 Å². The Morgan fingerprint density at radius 2 is 1.89 bits per heavy atom. The van der Waals surface area contributed by atoms with E-state index in [9.17, 15) is 13.2 Å². The van der Waals surface area contributed by atoms with Gasteiger partial charge in [-0.25, -0.2) is 13.2 Å². The van der Waals surface area contributed by atoms with Gasteiger partial charge in [0.1, 0.15) is 0 Å². The molecule has 0 N–H and O–H groups in total. The van der Waals surface area contributed by atoms with Crippen molar-refractivity contribution in [1.29, 1.82) is 0 Å². The van der Waals surface area contributed by atoms with Crippen LogP contribution in [-0.2, 0) is 19.6 Å². The molecule has 1 aliphatic heterocycles. The summed E-state index contributed by atoms with van der Waals surface area (Å²) in [5.74, 6) is -0.598. The van der Waals surface area contributed by atoms with E-state index in [2.05, 4.69) is 15.9 Å². The summed E-state index contributed by atoms with van der Waals surface area (Å²) in [4.78, 5) is 12.4. The second-order valence-electron chi connectivity index (χ2n) is 6.13. The van der Waals surface area contributed by atoms with E-state index in [1.807, 2.05) is 6.92 Å². The second kappa shape index (κ2) is 8.06. The molecule has 1 heterocycles. The average Bonchev–Trinajstić information content (AvgIpc) is 2.66. The molecule has 2 aromatic carbocycles. The number of aryl methyl sites for hydroxylation is 1. The van der Waals surface area contributed by atoms with Crippen molar-refractivity contribution in [2.45, 2.75) is 18.7 Å². The highest BCUT2D eigenvalue weighted by molar-refractivity contribution is 9.10. The molecule has 28 heavy (non-hydrogen) atoms. The van der Waals surface area contributed by atoms with E-state index in [1.165, 1.54) is 24.3 Å². The van der Waals surface area contributed by atoms with Gasteiger partial charge in [-0.1, -0.05) is 40.9 Å². The van der Waals surface area contributed by atoms with Crippen molar-refractivity contribution >= 4 is 66.9 Å². The Morgan fingerprint density at radius 3 is 2.50 bits per heavy atom. The maximum atomic E-state index is 13.3. The summed E-state index contributed by atoms with van der Waals surface area (Å²) in [6, 6.07) is 7.98. The van der Waals surface area contributed by atoms with Crippen LogP contribution in [0, 0.1) is 6.92 Å². The highest BCUT2D eigenvalue weighted by Gasteiger charge is 2.34. The Kier molecular flexibility index (Phi) is 6.10. The summed E-state index contributed by atoms with van der Waals surface area (Å²) < 4.78 is 33.3. The summed E-state index contributed by atoms with van der Waals surface area (Å²) >= 11 is 15.9. The van der Waals surface area contributed by atoms with Crippen LogP contribution in [0.5, 0.6) is 0 Å². The van der Waals surface area contributed by atoms with Crippen LogP contribution in [-0.4, -0.2) is 27.5 Å². The minimum absolute atomic E-state index is 0.101. The lowest BCUT2D eigenvalue weighted by Gasteiger charge is -2.31. The predicted molar refractivity (Wildman–Crippen MR) is 114 cm³/mol. The molecule has 5 nitrogen and oxygen atoms in total. The van der Waals surface area contributed by atoms with Gasteiger partial charge in [0.05, 0.1) is 43.8 Å². The highest BCUT2D eigenvalue weighted by Crippen LogP contribution is 2.44. The Balaban J connectivity index is 2.21. The van der Waals surface area contributed by atoms with Crippen molar-refractivity contribution in [3.8, 4) is 0 Å². The monoisotopic (exact) mass is 503 g/mol. The van der Waals surface area contributed by atoms with E-state index < -0.39 is 16.0 Å². The Morgan fingerprint density at radius 1 is 1.25 bits per heavy atom. The molecule has 148 valence electrons. The van der Waals surface area contributed by atoms with Crippen LogP contribution in [0.4, 0.5) is 5.69 Å². The number of anilines is 1. The fourth-order valence-corrected chi connectivity index (χ4v) is 5.08. The first-order valence-electron chi connectivity index (χ1n) is 8.31. The molecule has 0 aliphatic carbocycles. The van der Waals surface area contributed by atoms with Crippen LogP contribution in [0.3, 0.4) is 0 Å². The summed E-state index contributed by atoms with van der Waals surface area (Å²) in [5, 5.41) is 0.481. The fourth-order valence-electron chi connectivity index (χ4n) is 2.80. The Hall–Kier alpha value is -1.54. The van der Waals surface area contributed by atoms with Crippen LogP contribution >= 0.6 is 39.1 Å². The third-order valence-corrected chi connectivity index (χ3v) is 7.97. The van der Waals surface area contributed by atoms with E-state index in [-0.39, 0.29) is 33.7 Å². The molecule has 0 aromatic heterocycles. The number of carbonyl (C=O) groups is 1. The lowest BCUT2D eigenvalue weighted by atomic mass is 10.0. The Bertz CT molecular complexity index is 1080. The largest absolute Gasteiger partial charge is 0.463 e. The molecule has 0 spiro atoms. The number of halogens is 3. The number of ether oxygens (including phenoxy) is 1. The molecular weight excluding hydrogens is 489 g/mol. The number of esters is 1. The molecule has 0 fully saturated rings. The number of sulfonamides is 1. The van der Waals surface area contributed by atoms with Crippen molar-refractivity contribution in [3.63, 3.8) is 0 Å². The van der Waals surface area contributed by atoms with E-state index in [4.69, 9.17) is 27.9 Å². The first kappa shape index (κ1) is 21.2. The van der Waals surface area contributed by atoms with E-state index in [0.717, 1.165) is 9.87 Å². The quantitative estimate of drug-likeness (QED) is 0.423. The average molecular weight is 505 g/mol. The molecule has 2 aromatic rings. The lowest BCUT2D eigenvalue weighted by molar-refractivity contribution is -0.138. The SMILES string of the molecule is CCOC(=O)C1=Cc2c(cc(Cl)c(Br)c2Cl)N(S(=O)(=O)c2ccc(C)cc2)C1. The number of fused-ring (bicyclic) bond motifs is 1. The van der Waals surface area contributed by atoms with Gasteiger partial charge in [-0.15, -0.1) is 0 Å². The van der Waals surface area contributed by atoms with Gasteiger partial charge in [-0.2, -0.15) is 0 Å². The normalized spacial score (nSPS) is 13.8. The van der Waals surface area contributed by atoms with Crippen molar-refractivity contribution < 1.29 is 17.9 Å². The number of rotatable bonds is 4. The van der Waals surface area contributed by atoms with Crippen LogP contribution in [0.1, 0.15) is 18.1 Å². The van der Waals surface area contributed by atoms with Crippen LogP contribution in [0.25, 0.3) is 6.08 Å². The molecule has 0 atom stereocenters. The Labute approximate surface area is 182 Å². The summed E-state index contributed by atoms with van der Waals surface area (Å²) in [7, 11) is -3.97. The van der Waals surface area contributed by atoms with Crippen molar-refractivity contribution in [2.24, 2.45) is 0 Å². The molecule has 0 saturated heterocycles. The van der Waals surface area contributed by atoms with Gasteiger partial charge in [-0.3, -0.25) is 4.31 Å². The van der Waals surface area contributed by atoms with Crippen LogP contribution < -0.4 is 4.31 Å². The zero-order valence-corrected chi connectivity index (χ0v) is 18.9. The first-order valence-corrected chi connectivity index (χ1v) is 11.3. The summed E-state index contributed by atoms with van der Waals surface area (Å²) in [6.07, 6.45) is 1.54. The van der Waals surface area contributed by atoms with Crippen molar-refractivity contribution in [3.05, 3.63) is 61.5 Å². The van der Waals surface area contributed by atoms with E-state index >= 15 is 0 Å². The molecule has 0 unspecified atom stereocenters. The zero-order valence-electron chi connectivity index (χ0n) is 15.0. The molecule has 0 bridgehead atoms. The second-order valence-corrected chi connectivity index (χ2v) is 9.57. The number of carbonyl (C=O) groups excluding carboxylic acids is 1. The van der Waals surface area contributed by atoms with Gasteiger partial charge in [0.25, 0.3) is 10.0 Å². The lowest BCUT2D eigenvalue weighted by Crippen LogP contribution is -2.37. The predicted octanol–water partition coefficient (Wildman–Crippen LogP) is 5.22. The first-order chi connectivity index (χ1) is 13.2. The van der Waals surface area contributed by atoms with Gasteiger partial charge >= 0.3 is 5.97 Å². The number of benzene rings is 2. The van der Waals surface area contributed by atoms with Gasteiger partial charge in [-0.05, 0) is 54.1 Å². The fraction of sp³-hybridized carbons (Fsp3) is 0.211. The smallest absolute Gasteiger partial charge is 0.335 e. The summed E-state index contributed by atoms with van der Waals surface area (Å²) in [6.45, 7) is 3.53. The minimum atomic E-state index is -3.97. The zero-order chi connectivity index (χ0) is 20.6. The highest BCUT2D eigenvalue weighted by atomic mass is 79.9. The molecule has 3 rings (SSSR count). The molecule has 1 aliphatic rings. The van der Waals surface area contributed by atoms with Gasteiger partial charge in [0.15, 0.2) is 0 Å². The van der Waals surface area contributed by atoms with Gasteiger partial charge in [0, 0.05) is 5.56 Å². The van der Waals surface area contributed by atoms with Crippen LogP contribution in [0.2, 0.25) is 10.0 Å². The molecule has 0 radical (unpaired) electrons. The van der Waals surface area contributed by atoms with Gasteiger partial charge in [0.2, 0.25) is 0 Å². The number of hydrogen-bond acceptors (Lipinski definition) is 4. The van der Waals surface area contributed by atoms with Gasteiger partial charge < -0.3 is 4.74 Å². The maximum Gasteiger partial charge on any atom is 0.335 e. The third-order valence-electron chi connectivity index (χ3n) is 4.23. The standard InChI is InChI=1S/C19H16BrCl2NO4S/c1-3-27-19(24)12-8-14-16(9-15(21)17(20)18(14)22)23(10-12)28(25,26)13-6-4-11(2)5-7-13/h4-9H,3,10H2,1-2H3. The minimum Gasteiger partial charge on any atom is -0.463 e. The topological polar surface area (TPSA) is 63.7 Å². The number of hydrogen-bond donors (Lipinski definition) is 0. The van der Waals surface area contributed by atoms with E-state index in [1.54, 1.807) is 19.1 Å². The van der Waals surface area contributed by atoms with E-state index in [0.29, 0.717) is 15.7 Å². The van der Waals surface area contributed by atoms with Crippen LogP contribution in [0.15, 0.2) is 45.3 Å². The molecule has 0 saturated carbocycles. The summed E-state index contributed by atoms with van der Waals surface area (Å²) in [5.41, 5.74) is 1.79. The van der Waals surface area contributed by atoms with Crippen molar-refractivity contribution in [2.75, 3.05) is 17.5 Å². The molecular formula is C19H16BrCl2NO4S.